The Morgan fingerprint density at radius 1 is 1.21 bits per heavy atom. The van der Waals surface area contributed by atoms with Crippen molar-refractivity contribution in [2.24, 2.45) is 11.1 Å². The molecule has 0 amide bonds. The largest absolute Gasteiger partial charge is 0.465 e. The summed E-state index contributed by atoms with van der Waals surface area (Å²) >= 11 is 0. The van der Waals surface area contributed by atoms with Gasteiger partial charge in [0.1, 0.15) is 18.2 Å². The van der Waals surface area contributed by atoms with E-state index in [0.717, 1.165) is 23.8 Å². The number of esters is 1. The maximum atomic E-state index is 14.4. The van der Waals surface area contributed by atoms with Gasteiger partial charge in [0.25, 0.3) is 0 Å². The summed E-state index contributed by atoms with van der Waals surface area (Å²) in [5.74, 6) is -1.38. The van der Waals surface area contributed by atoms with Crippen molar-refractivity contribution in [2.45, 2.75) is 26.8 Å². The van der Waals surface area contributed by atoms with Crippen LogP contribution in [0.4, 0.5) is 8.78 Å². The first-order valence-electron chi connectivity index (χ1n) is 10.5. The fraction of sp³-hybridized carbons (Fsp3) is 0.250. The van der Waals surface area contributed by atoms with E-state index < -0.39 is 17.6 Å². The predicted molar refractivity (Wildman–Crippen MR) is 118 cm³/mol. The SMILES string of the molecule is CCOC(=O)Cn1ncc(C2=CCC(C)C(c3cc(F)ccc3F)=NO2)c1-c1ccncc1. The smallest absolute Gasteiger partial charge is 0.327 e. The molecule has 0 radical (unpaired) electrons. The Bertz CT molecular complexity index is 1220. The molecule has 3 heterocycles. The van der Waals surface area contributed by atoms with Crippen LogP contribution in [0, 0.1) is 17.6 Å². The molecule has 0 saturated carbocycles. The van der Waals surface area contributed by atoms with Gasteiger partial charge >= 0.3 is 5.97 Å². The number of oxime groups is 1. The van der Waals surface area contributed by atoms with Crippen molar-refractivity contribution in [2.75, 3.05) is 6.61 Å². The van der Waals surface area contributed by atoms with Crippen molar-refractivity contribution in [3.05, 3.63) is 77.8 Å². The minimum Gasteiger partial charge on any atom is -0.465 e. The lowest BCUT2D eigenvalue weighted by atomic mass is 9.94. The van der Waals surface area contributed by atoms with Crippen molar-refractivity contribution in [3.63, 3.8) is 0 Å². The molecule has 0 saturated heterocycles. The molecular weight excluding hydrogens is 430 g/mol. The summed E-state index contributed by atoms with van der Waals surface area (Å²) in [7, 11) is 0. The predicted octanol–water partition coefficient (Wildman–Crippen LogP) is 4.59. The number of hydrogen-bond donors (Lipinski definition) is 0. The number of carbonyl (C=O) groups excluding carboxylic acids is 1. The summed E-state index contributed by atoms with van der Waals surface area (Å²) in [4.78, 5) is 21.9. The van der Waals surface area contributed by atoms with Crippen LogP contribution in [0.5, 0.6) is 0 Å². The first-order valence-corrected chi connectivity index (χ1v) is 10.5. The van der Waals surface area contributed by atoms with Crippen LogP contribution in [0.2, 0.25) is 0 Å². The number of nitrogens with zero attached hydrogens (tertiary/aromatic N) is 4. The van der Waals surface area contributed by atoms with Gasteiger partial charge in [0.2, 0.25) is 0 Å². The summed E-state index contributed by atoms with van der Waals surface area (Å²) in [5.41, 5.74) is 2.36. The zero-order valence-electron chi connectivity index (χ0n) is 18.2. The topological polar surface area (TPSA) is 78.6 Å². The number of pyridine rings is 1. The summed E-state index contributed by atoms with van der Waals surface area (Å²) < 4.78 is 34.7. The zero-order chi connectivity index (χ0) is 23.4. The third-order valence-electron chi connectivity index (χ3n) is 5.21. The Balaban J connectivity index is 1.73. The van der Waals surface area contributed by atoms with Crippen molar-refractivity contribution in [1.29, 1.82) is 0 Å². The van der Waals surface area contributed by atoms with Crippen LogP contribution < -0.4 is 0 Å². The van der Waals surface area contributed by atoms with Crippen LogP contribution in [0.25, 0.3) is 17.0 Å². The number of benzene rings is 1. The van der Waals surface area contributed by atoms with E-state index in [4.69, 9.17) is 9.57 Å². The van der Waals surface area contributed by atoms with E-state index in [9.17, 15) is 13.6 Å². The second-order valence-electron chi connectivity index (χ2n) is 7.50. The third-order valence-corrected chi connectivity index (χ3v) is 5.21. The highest BCUT2D eigenvalue weighted by Gasteiger charge is 2.25. The van der Waals surface area contributed by atoms with Gasteiger partial charge in [-0.25, -0.2) is 8.78 Å². The number of carbonyl (C=O) groups is 1. The van der Waals surface area contributed by atoms with Crippen LogP contribution >= 0.6 is 0 Å². The highest BCUT2D eigenvalue weighted by molar-refractivity contribution is 6.02. The maximum Gasteiger partial charge on any atom is 0.327 e. The highest BCUT2D eigenvalue weighted by Crippen LogP contribution is 2.33. The lowest BCUT2D eigenvalue weighted by Gasteiger charge is -2.11. The average Bonchev–Trinajstić information content (AvgIpc) is 3.11. The van der Waals surface area contributed by atoms with E-state index in [0.29, 0.717) is 29.1 Å². The van der Waals surface area contributed by atoms with Gasteiger partial charge in [0.15, 0.2) is 5.76 Å². The molecule has 2 aromatic heterocycles. The molecule has 3 aromatic rings. The molecule has 1 unspecified atom stereocenters. The minimum atomic E-state index is -0.575. The molecule has 170 valence electrons. The lowest BCUT2D eigenvalue weighted by Crippen LogP contribution is -2.15. The fourth-order valence-corrected chi connectivity index (χ4v) is 3.62. The maximum absolute atomic E-state index is 14.4. The second kappa shape index (κ2) is 9.72. The molecule has 0 N–H and O–H groups in total. The molecule has 1 aromatic carbocycles. The molecule has 0 spiro atoms. The average molecular weight is 452 g/mol. The molecular formula is C24H22F2N4O3. The molecule has 4 rings (SSSR count). The van der Waals surface area contributed by atoms with Crippen LogP contribution in [0.1, 0.15) is 31.4 Å². The Morgan fingerprint density at radius 3 is 2.76 bits per heavy atom. The van der Waals surface area contributed by atoms with Crippen molar-refractivity contribution in [1.82, 2.24) is 14.8 Å². The Kier molecular flexibility index (Phi) is 6.58. The second-order valence-corrected chi connectivity index (χ2v) is 7.50. The summed E-state index contributed by atoms with van der Waals surface area (Å²) in [6.45, 7) is 3.77. The quantitative estimate of drug-likeness (QED) is 0.512. The first kappa shape index (κ1) is 22.3. The zero-order valence-corrected chi connectivity index (χ0v) is 18.2. The van der Waals surface area contributed by atoms with Crippen molar-refractivity contribution in [3.8, 4) is 11.3 Å². The number of hydrogen-bond acceptors (Lipinski definition) is 6. The number of halogens is 2. The van der Waals surface area contributed by atoms with Gasteiger partial charge in [-0.15, -0.1) is 0 Å². The van der Waals surface area contributed by atoms with Gasteiger partial charge < -0.3 is 9.57 Å². The fourth-order valence-electron chi connectivity index (χ4n) is 3.62. The van der Waals surface area contributed by atoms with Crippen LogP contribution in [0.15, 0.2) is 60.2 Å². The van der Waals surface area contributed by atoms with E-state index in [2.05, 4.69) is 15.2 Å². The van der Waals surface area contributed by atoms with Gasteiger partial charge in [-0.05, 0) is 49.8 Å². The van der Waals surface area contributed by atoms with E-state index in [1.165, 1.54) is 4.68 Å². The number of aromatic nitrogens is 3. The van der Waals surface area contributed by atoms with Crippen molar-refractivity contribution >= 4 is 17.4 Å². The molecule has 7 nitrogen and oxygen atoms in total. The van der Waals surface area contributed by atoms with E-state index >= 15 is 0 Å². The molecule has 1 atom stereocenters. The summed E-state index contributed by atoms with van der Waals surface area (Å²) in [6.07, 6.45) is 7.15. The normalized spacial score (nSPS) is 15.8. The van der Waals surface area contributed by atoms with Gasteiger partial charge in [0.05, 0.1) is 29.8 Å². The Morgan fingerprint density at radius 2 is 2.00 bits per heavy atom. The summed E-state index contributed by atoms with van der Waals surface area (Å²) in [5, 5.41) is 8.53. The van der Waals surface area contributed by atoms with E-state index in [1.54, 1.807) is 37.6 Å². The molecule has 0 aliphatic carbocycles. The van der Waals surface area contributed by atoms with Crippen LogP contribution in [0.3, 0.4) is 0 Å². The van der Waals surface area contributed by atoms with Crippen LogP contribution in [-0.4, -0.2) is 33.1 Å². The van der Waals surface area contributed by atoms with E-state index in [-0.39, 0.29) is 24.6 Å². The molecule has 1 aliphatic heterocycles. The number of ether oxygens (including phenoxy) is 1. The summed E-state index contributed by atoms with van der Waals surface area (Å²) in [6, 6.07) is 6.82. The third kappa shape index (κ3) is 4.82. The molecule has 0 fully saturated rings. The molecule has 0 bridgehead atoms. The minimum absolute atomic E-state index is 0.0597. The monoisotopic (exact) mass is 452 g/mol. The standard InChI is InChI=1S/C24H22F2N4O3/c1-3-32-22(31)14-30-24(16-8-10-27-11-9-16)19(13-28-30)21-7-4-15(2)23(29-33-21)18-12-17(25)5-6-20(18)26/h5-13,15H,3-4,14H2,1-2H3. The Hall–Kier alpha value is -3.88. The molecule has 9 heteroatoms. The van der Waals surface area contributed by atoms with Gasteiger partial charge in [-0.2, -0.15) is 5.10 Å². The molecule has 1 aliphatic rings. The first-order chi connectivity index (χ1) is 16.0. The lowest BCUT2D eigenvalue weighted by molar-refractivity contribution is -0.144. The van der Waals surface area contributed by atoms with Gasteiger partial charge in [-0.1, -0.05) is 12.1 Å². The van der Waals surface area contributed by atoms with E-state index in [1.807, 2.05) is 13.0 Å². The number of allylic oxidation sites excluding steroid dienone is 1. The van der Waals surface area contributed by atoms with Crippen molar-refractivity contribution < 1.29 is 23.1 Å². The van der Waals surface area contributed by atoms with Gasteiger partial charge in [0, 0.05) is 29.4 Å². The highest BCUT2D eigenvalue weighted by atomic mass is 19.1. The number of rotatable bonds is 6. The Labute approximate surface area is 189 Å². The molecule has 33 heavy (non-hydrogen) atoms. The van der Waals surface area contributed by atoms with Crippen LogP contribution in [-0.2, 0) is 20.9 Å². The van der Waals surface area contributed by atoms with Gasteiger partial charge in [-0.3, -0.25) is 14.5 Å².